The molecule has 0 aliphatic rings. The largest absolute Gasteiger partial charge is 0.268 e. The van der Waals surface area contributed by atoms with Gasteiger partial charge < -0.3 is 0 Å². The van der Waals surface area contributed by atoms with Gasteiger partial charge in [0.25, 0.3) is 5.91 Å². The first-order valence-electron chi connectivity index (χ1n) is 7.44. The summed E-state index contributed by atoms with van der Waals surface area (Å²) in [7, 11) is -3.78. The Hall–Kier alpha value is -2.45. The fraction of sp³-hybridized carbons (Fsp3) is 0.188. The molecule has 0 radical (unpaired) electrons. The molecule has 2 heterocycles. The van der Waals surface area contributed by atoms with Crippen molar-refractivity contribution < 1.29 is 13.2 Å². The van der Waals surface area contributed by atoms with E-state index < -0.39 is 15.9 Å². The lowest BCUT2D eigenvalue weighted by atomic mass is 10.2. The zero-order valence-corrected chi connectivity index (χ0v) is 14.9. The quantitative estimate of drug-likeness (QED) is 0.732. The number of nitrogens with zero attached hydrogens (tertiary/aromatic N) is 3. The van der Waals surface area contributed by atoms with Crippen molar-refractivity contribution in [1.29, 1.82) is 0 Å². The second kappa shape index (κ2) is 6.81. The van der Waals surface area contributed by atoms with Crippen LogP contribution in [0.2, 0.25) is 5.02 Å². The molecule has 0 aliphatic heterocycles. The van der Waals surface area contributed by atoms with Crippen molar-refractivity contribution in [2.24, 2.45) is 0 Å². The van der Waals surface area contributed by atoms with Crippen LogP contribution in [0.1, 0.15) is 21.6 Å². The molecule has 0 spiro atoms. The molecule has 9 heteroatoms. The Kier molecular flexibility index (Phi) is 4.73. The van der Waals surface area contributed by atoms with Gasteiger partial charge in [-0.2, -0.15) is 5.10 Å². The number of carbonyl (C=O) groups is 1. The molecule has 0 bridgehead atoms. The number of amides is 1. The minimum absolute atomic E-state index is 0.159. The van der Waals surface area contributed by atoms with E-state index in [1.807, 2.05) is 0 Å². The molecular formula is C16H15ClN4O3S. The third kappa shape index (κ3) is 3.97. The van der Waals surface area contributed by atoms with Crippen LogP contribution in [0.3, 0.4) is 0 Å². The molecule has 2 aromatic heterocycles. The maximum atomic E-state index is 12.3. The summed E-state index contributed by atoms with van der Waals surface area (Å²) < 4.78 is 27.9. The second-order valence-electron chi connectivity index (χ2n) is 5.49. The highest BCUT2D eigenvalue weighted by molar-refractivity contribution is 7.90. The fourth-order valence-corrected chi connectivity index (χ4v) is 3.49. The Balaban J connectivity index is 1.71. The molecule has 0 atom stereocenters. The van der Waals surface area contributed by atoms with E-state index in [2.05, 4.69) is 14.8 Å². The molecule has 1 amide bonds. The van der Waals surface area contributed by atoms with E-state index in [0.29, 0.717) is 16.4 Å². The minimum atomic E-state index is -3.78. The fourth-order valence-electron chi connectivity index (χ4n) is 2.36. The number of hydrogen-bond acceptors (Lipinski definition) is 5. The number of aryl methyl sites for hydroxylation is 2. The molecule has 25 heavy (non-hydrogen) atoms. The third-order valence-electron chi connectivity index (χ3n) is 3.72. The van der Waals surface area contributed by atoms with Crippen molar-refractivity contribution in [2.45, 2.75) is 13.3 Å². The van der Waals surface area contributed by atoms with Crippen LogP contribution in [0.4, 0.5) is 0 Å². The maximum Gasteiger partial charge on any atom is 0.268 e. The Morgan fingerprint density at radius 3 is 2.68 bits per heavy atom. The highest BCUT2D eigenvalue weighted by Gasteiger charge is 2.19. The zero-order chi connectivity index (χ0) is 18.0. The van der Waals surface area contributed by atoms with E-state index in [4.69, 9.17) is 11.6 Å². The standard InChI is InChI=1S/C16H15ClN4O3S/c1-11-14(10-18-15-6-8-19-21(11)15)16(22)20-25(23,24)9-7-12-2-4-13(17)5-3-12/h2-6,8,10H,7,9H2,1H3,(H,20,22). The number of benzene rings is 1. The van der Waals surface area contributed by atoms with Gasteiger partial charge in [-0.1, -0.05) is 23.7 Å². The average molecular weight is 379 g/mol. The van der Waals surface area contributed by atoms with E-state index in [1.165, 1.54) is 10.7 Å². The lowest BCUT2D eigenvalue weighted by molar-refractivity contribution is 0.0980. The molecule has 0 saturated heterocycles. The molecule has 130 valence electrons. The van der Waals surface area contributed by atoms with E-state index in [0.717, 1.165) is 5.56 Å². The van der Waals surface area contributed by atoms with E-state index in [9.17, 15) is 13.2 Å². The lowest BCUT2D eigenvalue weighted by Gasteiger charge is -2.09. The number of sulfonamides is 1. The number of hydrogen-bond donors (Lipinski definition) is 1. The first kappa shape index (κ1) is 17.4. The zero-order valence-electron chi connectivity index (χ0n) is 13.3. The summed E-state index contributed by atoms with van der Waals surface area (Å²) in [5.74, 6) is -0.935. The van der Waals surface area contributed by atoms with Crippen LogP contribution in [0.15, 0.2) is 42.7 Å². The van der Waals surface area contributed by atoms with Gasteiger partial charge in [0.15, 0.2) is 5.65 Å². The summed E-state index contributed by atoms with van der Waals surface area (Å²) in [6, 6.07) is 8.57. The minimum Gasteiger partial charge on any atom is -0.268 e. The van der Waals surface area contributed by atoms with Crippen molar-refractivity contribution in [2.75, 3.05) is 5.75 Å². The first-order chi connectivity index (χ1) is 11.9. The number of halogens is 1. The molecule has 0 fully saturated rings. The molecule has 0 unspecified atom stereocenters. The van der Waals surface area contributed by atoms with Gasteiger partial charge in [-0.05, 0) is 31.0 Å². The van der Waals surface area contributed by atoms with Crippen molar-refractivity contribution in [3.8, 4) is 0 Å². The van der Waals surface area contributed by atoms with Crippen molar-refractivity contribution in [3.63, 3.8) is 0 Å². The van der Waals surface area contributed by atoms with Gasteiger partial charge in [0.05, 0.1) is 23.2 Å². The van der Waals surface area contributed by atoms with Crippen LogP contribution >= 0.6 is 11.6 Å². The van der Waals surface area contributed by atoms with Gasteiger partial charge in [0, 0.05) is 17.3 Å². The summed E-state index contributed by atoms with van der Waals surface area (Å²) in [6.45, 7) is 1.68. The summed E-state index contributed by atoms with van der Waals surface area (Å²) in [6.07, 6.45) is 3.17. The lowest BCUT2D eigenvalue weighted by Crippen LogP contribution is -2.34. The number of fused-ring (bicyclic) bond motifs is 1. The van der Waals surface area contributed by atoms with Gasteiger partial charge in [-0.15, -0.1) is 0 Å². The Morgan fingerprint density at radius 1 is 1.24 bits per heavy atom. The van der Waals surface area contributed by atoms with Crippen LogP contribution in [-0.2, 0) is 16.4 Å². The van der Waals surface area contributed by atoms with Gasteiger partial charge in [0.1, 0.15) is 0 Å². The summed E-state index contributed by atoms with van der Waals surface area (Å²) in [5, 5.41) is 4.64. The number of carbonyl (C=O) groups excluding carboxylic acids is 1. The summed E-state index contributed by atoms with van der Waals surface area (Å²) in [4.78, 5) is 16.4. The monoisotopic (exact) mass is 378 g/mol. The molecule has 3 rings (SSSR count). The molecule has 3 aromatic rings. The SMILES string of the molecule is Cc1c(C(=O)NS(=O)(=O)CCc2ccc(Cl)cc2)cnc2ccnn12. The van der Waals surface area contributed by atoms with Crippen molar-refractivity contribution in [1.82, 2.24) is 19.3 Å². The molecule has 0 saturated carbocycles. The number of rotatable bonds is 5. The topological polar surface area (TPSA) is 93.4 Å². The predicted octanol–water partition coefficient (Wildman–Crippen LogP) is 1.99. The van der Waals surface area contributed by atoms with E-state index in [-0.39, 0.29) is 17.7 Å². The van der Waals surface area contributed by atoms with Crippen LogP contribution in [-0.4, -0.2) is 34.7 Å². The van der Waals surface area contributed by atoms with Crippen molar-refractivity contribution >= 4 is 33.2 Å². The van der Waals surface area contributed by atoms with Gasteiger partial charge >= 0.3 is 0 Å². The third-order valence-corrected chi connectivity index (χ3v) is 5.21. The van der Waals surface area contributed by atoms with Crippen LogP contribution in [0.5, 0.6) is 0 Å². The van der Waals surface area contributed by atoms with Gasteiger partial charge in [-0.3, -0.25) is 4.79 Å². The molecule has 1 aromatic carbocycles. The van der Waals surface area contributed by atoms with E-state index in [1.54, 1.807) is 43.5 Å². The Bertz CT molecular complexity index is 1030. The Morgan fingerprint density at radius 2 is 1.96 bits per heavy atom. The normalized spacial score (nSPS) is 11.6. The van der Waals surface area contributed by atoms with Gasteiger partial charge in [0.2, 0.25) is 10.0 Å². The number of aromatic nitrogens is 3. The van der Waals surface area contributed by atoms with Gasteiger partial charge in [-0.25, -0.2) is 22.6 Å². The van der Waals surface area contributed by atoms with Crippen LogP contribution in [0.25, 0.3) is 5.65 Å². The second-order valence-corrected chi connectivity index (χ2v) is 7.76. The first-order valence-corrected chi connectivity index (χ1v) is 9.47. The number of nitrogens with one attached hydrogen (secondary N) is 1. The summed E-state index contributed by atoms with van der Waals surface area (Å²) in [5.41, 5.74) is 2.07. The average Bonchev–Trinajstić information content (AvgIpc) is 3.04. The smallest absolute Gasteiger partial charge is 0.268 e. The summed E-state index contributed by atoms with van der Waals surface area (Å²) >= 11 is 5.80. The van der Waals surface area contributed by atoms with Crippen LogP contribution < -0.4 is 4.72 Å². The molecule has 0 aliphatic carbocycles. The van der Waals surface area contributed by atoms with Crippen LogP contribution in [0, 0.1) is 6.92 Å². The maximum absolute atomic E-state index is 12.3. The highest BCUT2D eigenvalue weighted by atomic mass is 35.5. The highest BCUT2D eigenvalue weighted by Crippen LogP contribution is 2.12. The van der Waals surface area contributed by atoms with Crippen molar-refractivity contribution in [3.05, 3.63) is 64.6 Å². The van der Waals surface area contributed by atoms with E-state index >= 15 is 0 Å². The molecule has 7 nitrogen and oxygen atoms in total. The predicted molar refractivity (Wildman–Crippen MR) is 94.1 cm³/mol. The Labute approximate surface area is 149 Å². The molecule has 1 N–H and O–H groups in total. The molecular weight excluding hydrogens is 364 g/mol.